The van der Waals surface area contributed by atoms with Gasteiger partial charge in [-0.2, -0.15) is 18.6 Å². The van der Waals surface area contributed by atoms with Gasteiger partial charge in [-0.25, -0.2) is 37.9 Å². The summed E-state index contributed by atoms with van der Waals surface area (Å²) in [5, 5.41) is 13.4. The van der Waals surface area contributed by atoms with E-state index in [1.54, 1.807) is 19.2 Å². The van der Waals surface area contributed by atoms with Crippen LogP contribution in [0.25, 0.3) is 16.9 Å². The predicted octanol–water partition coefficient (Wildman–Crippen LogP) is 8.69. The Morgan fingerprint density at radius 1 is 0.736 bits per heavy atom. The minimum atomic E-state index is -4.15. The van der Waals surface area contributed by atoms with E-state index in [-0.39, 0.29) is 13.2 Å². The number of H-pyrrole nitrogens is 1. The van der Waals surface area contributed by atoms with Crippen LogP contribution in [0, 0.1) is 5.82 Å². The van der Waals surface area contributed by atoms with E-state index >= 15 is 13.2 Å². The zero-order chi connectivity index (χ0) is 50.5. The van der Waals surface area contributed by atoms with Crippen molar-refractivity contribution in [3.05, 3.63) is 201 Å². The smallest absolute Gasteiger partial charge is 0.368 e. The fraction of sp³-hybridized carbons (Fsp3) is 0.275. The van der Waals surface area contributed by atoms with E-state index < -0.39 is 59.9 Å². The number of hydrogen-bond donors (Lipinski definition) is 1. The number of anilines is 2. The Morgan fingerprint density at radius 3 is 1.89 bits per heavy atom. The van der Waals surface area contributed by atoms with Crippen molar-refractivity contribution in [2.75, 3.05) is 36.0 Å². The van der Waals surface area contributed by atoms with Crippen molar-refractivity contribution in [2.45, 2.75) is 64.0 Å². The zero-order valence-corrected chi connectivity index (χ0v) is 40.4. The van der Waals surface area contributed by atoms with Gasteiger partial charge >= 0.3 is 25.1 Å². The van der Waals surface area contributed by atoms with Crippen molar-refractivity contribution in [2.24, 2.45) is 0 Å². The molecule has 1 aliphatic rings. The monoisotopic (exact) mass is 1000 g/mol. The lowest BCUT2D eigenvalue weighted by Crippen LogP contribution is -2.52. The van der Waals surface area contributed by atoms with Crippen molar-refractivity contribution < 1.29 is 31.3 Å². The molecule has 0 spiro atoms. The Bertz CT molecular complexity index is 3190. The molecule has 9 rings (SSSR count). The maximum Gasteiger partial charge on any atom is 0.475 e. The summed E-state index contributed by atoms with van der Waals surface area (Å²) in [6.07, 6.45) is 4.06. The summed E-state index contributed by atoms with van der Waals surface area (Å²) in [5.41, 5.74) is -0.468. The number of hydrogen-bond acceptors (Lipinski definition) is 13. The third-order valence-electron chi connectivity index (χ3n) is 12.9. The molecule has 1 N–H and O–H groups in total. The Hall–Kier alpha value is -7.51. The van der Waals surface area contributed by atoms with E-state index in [1.165, 1.54) is 46.0 Å². The number of pyridine rings is 2. The van der Waals surface area contributed by atoms with Crippen LogP contribution < -0.4 is 21.2 Å². The van der Waals surface area contributed by atoms with E-state index in [4.69, 9.17) is 13.6 Å². The van der Waals surface area contributed by atoms with Crippen LogP contribution in [0.1, 0.15) is 55.6 Å². The maximum atomic E-state index is 16.5. The van der Waals surface area contributed by atoms with Gasteiger partial charge in [-0.1, -0.05) is 104 Å². The standard InChI is InChI=1S/C51H51F3N11O6P/c1-4-45(36(2)71-72(68,69-33-37-13-7-5-8-14-37)70-34-38-15-9-6-10-16-38)64-49(67)63(35-57-64)47-26-24-42(32-56-47)62-29-27-61(28-30-62)41-22-19-39(20-23-41)40-21-25-46(55-31-40)51(53,54)50(3,65-48(66)58-59-60-65)43-17-11-12-18-44(43)52/h5-26,31-32,35-36,45H,4,27-30,33-34H2,1-3H3,(H,58,60,66)/t36-,45-,50-/m0/s1. The molecule has 4 aromatic carbocycles. The van der Waals surface area contributed by atoms with Crippen LogP contribution >= 0.6 is 7.82 Å². The van der Waals surface area contributed by atoms with E-state index in [2.05, 4.69) is 35.3 Å². The first-order chi connectivity index (χ1) is 34.8. The van der Waals surface area contributed by atoms with Crippen molar-refractivity contribution in [3.63, 3.8) is 0 Å². The number of nitrogens with one attached hydrogen (secondary N) is 1. The number of tetrazole rings is 1. The minimum Gasteiger partial charge on any atom is -0.368 e. The molecular formula is C51H51F3N11O6P. The third kappa shape index (κ3) is 10.2. The Morgan fingerprint density at radius 2 is 1.33 bits per heavy atom. The number of piperazine rings is 1. The largest absolute Gasteiger partial charge is 0.475 e. The highest BCUT2D eigenvalue weighted by Crippen LogP contribution is 2.53. The van der Waals surface area contributed by atoms with Crippen LogP contribution in [0.5, 0.6) is 0 Å². The lowest BCUT2D eigenvalue weighted by atomic mass is 9.83. The van der Waals surface area contributed by atoms with Gasteiger partial charge in [0.15, 0.2) is 5.54 Å². The number of rotatable bonds is 19. The third-order valence-corrected chi connectivity index (χ3v) is 14.4. The van der Waals surface area contributed by atoms with Gasteiger partial charge in [0.25, 0.3) is 0 Å². The normalized spacial score (nSPS) is 15.0. The van der Waals surface area contributed by atoms with E-state index in [1.807, 2.05) is 103 Å². The quantitative estimate of drug-likeness (QED) is 0.0761. The molecule has 8 aromatic rings. The van der Waals surface area contributed by atoms with Crippen LogP contribution in [0.15, 0.2) is 162 Å². The second kappa shape index (κ2) is 21.1. The fourth-order valence-electron chi connectivity index (χ4n) is 8.79. The SMILES string of the molecule is CC[C@@H]([C@H](C)OP(=O)(OCc1ccccc1)OCc1ccccc1)n1ncn(-c2ccc(N3CCN(c4ccc(-c5ccc(C(F)(F)[C@](C)(c6ccccc6F)n6nn[nH]c6=O)nc5)cc4)CC3)cn2)c1=O. The molecular weight excluding hydrogens is 951 g/mol. The number of halogens is 3. The molecule has 17 nitrogen and oxygen atoms in total. The van der Waals surface area contributed by atoms with E-state index in [9.17, 15) is 14.2 Å². The van der Waals surface area contributed by atoms with Gasteiger partial charge < -0.3 is 9.80 Å². The van der Waals surface area contributed by atoms with Gasteiger partial charge in [0.05, 0.1) is 37.2 Å². The second-order valence-corrected chi connectivity index (χ2v) is 19.0. The summed E-state index contributed by atoms with van der Waals surface area (Å²) in [6.45, 7) is 7.39. The van der Waals surface area contributed by atoms with Gasteiger partial charge in [-0.3, -0.25) is 18.6 Å². The van der Waals surface area contributed by atoms with Gasteiger partial charge in [0.2, 0.25) is 0 Å². The first kappa shape index (κ1) is 49.5. The number of alkyl halides is 2. The molecule has 1 fully saturated rings. The molecule has 0 amide bonds. The molecule has 0 unspecified atom stereocenters. The molecule has 21 heteroatoms. The summed E-state index contributed by atoms with van der Waals surface area (Å²) in [7, 11) is -4.15. The molecule has 3 atom stereocenters. The highest BCUT2D eigenvalue weighted by atomic mass is 31.2. The highest BCUT2D eigenvalue weighted by molar-refractivity contribution is 7.48. The summed E-state index contributed by atoms with van der Waals surface area (Å²) >= 11 is 0. The van der Waals surface area contributed by atoms with Gasteiger partial charge in [0, 0.05) is 49.2 Å². The Labute approximate surface area is 412 Å². The highest BCUT2D eigenvalue weighted by Gasteiger charge is 2.58. The maximum absolute atomic E-state index is 16.5. The number of phosphoric ester groups is 1. The van der Waals surface area contributed by atoms with Crippen LogP contribution in [-0.2, 0) is 42.8 Å². The van der Waals surface area contributed by atoms with Crippen LogP contribution in [0.4, 0.5) is 24.5 Å². The van der Waals surface area contributed by atoms with Gasteiger partial charge in [-0.15, -0.1) is 0 Å². The molecule has 0 aliphatic carbocycles. The molecule has 1 saturated heterocycles. The average Bonchev–Trinajstić information content (AvgIpc) is 4.03. The van der Waals surface area contributed by atoms with Crippen molar-refractivity contribution in [1.82, 2.24) is 44.5 Å². The topological polar surface area (TPSA) is 180 Å². The zero-order valence-electron chi connectivity index (χ0n) is 39.5. The molecule has 0 bridgehead atoms. The number of phosphoric acid groups is 1. The summed E-state index contributed by atoms with van der Waals surface area (Å²) in [5.74, 6) is -4.47. The van der Waals surface area contributed by atoms with Crippen molar-refractivity contribution in [3.8, 4) is 16.9 Å². The molecule has 5 heterocycles. The van der Waals surface area contributed by atoms with Gasteiger partial charge in [0.1, 0.15) is 23.7 Å². The van der Waals surface area contributed by atoms with Crippen LogP contribution in [-0.4, -0.2) is 76.8 Å². The van der Waals surface area contributed by atoms with Gasteiger partial charge in [-0.05, 0) is 83.8 Å². The number of aromatic amines is 1. The van der Waals surface area contributed by atoms with E-state index in [0.717, 1.165) is 47.1 Å². The first-order valence-corrected chi connectivity index (χ1v) is 24.7. The number of nitrogens with zero attached hydrogens (tertiary/aromatic N) is 10. The van der Waals surface area contributed by atoms with E-state index in [0.29, 0.717) is 48.7 Å². The molecule has 0 saturated carbocycles. The molecule has 0 radical (unpaired) electrons. The molecule has 4 aromatic heterocycles. The summed E-state index contributed by atoms with van der Waals surface area (Å²) in [4.78, 5) is 39.6. The first-order valence-electron chi connectivity index (χ1n) is 23.3. The summed E-state index contributed by atoms with van der Waals surface area (Å²) < 4.78 is 83.1. The van der Waals surface area contributed by atoms with Crippen LogP contribution in [0.2, 0.25) is 0 Å². The Kier molecular flexibility index (Phi) is 14.5. The molecule has 372 valence electrons. The van der Waals surface area contributed by atoms with Crippen LogP contribution in [0.3, 0.4) is 0 Å². The Balaban J connectivity index is 0.818. The lowest BCUT2D eigenvalue weighted by Gasteiger charge is -2.37. The molecule has 72 heavy (non-hydrogen) atoms. The average molecular weight is 1000 g/mol. The second-order valence-electron chi connectivity index (χ2n) is 17.4. The lowest BCUT2D eigenvalue weighted by molar-refractivity contribution is -0.104. The molecule has 1 aliphatic heterocycles. The number of benzene rings is 4. The number of aromatic nitrogens is 9. The fourth-order valence-corrected chi connectivity index (χ4v) is 10.1. The minimum absolute atomic E-state index is 0.00727. The summed E-state index contributed by atoms with van der Waals surface area (Å²) in [6, 6.07) is 37.0. The predicted molar refractivity (Wildman–Crippen MR) is 263 cm³/mol. The van der Waals surface area contributed by atoms with Crippen molar-refractivity contribution in [1.29, 1.82) is 0 Å². The van der Waals surface area contributed by atoms with Crippen molar-refractivity contribution >= 4 is 19.2 Å².